The average molecular weight is 843 g/mol. The smallest absolute Gasteiger partial charge is 0.407 e. The van der Waals surface area contributed by atoms with Crippen LogP contribution in [0.15, 0.2) is 131 Å². The molecule has 2 amide bonds. The fourth-order valence-electron chi connectivity index (χ4n) is 7.86. The number of nitrogens with zero attached hydrogens (tertiary/aromatic N) is 3. The van der Waals surface area contributed by atoms with E-state index >= 15 is 0 Å². The first-order valence-corrected chi connectivity index (χ1v) is 22.5. The Hall–Kier alpha value is -5.98. The van der Waals surface area contributed by atoms with E-state index in [0.717, 1.165) is 58.2 Å². The Morgan fingerprint density at radius 3 is 2.15 bits per heavy atom. The van der Waals surface area contributed by atoms with Gasteiger partial charge in [-0.15, -0.1) is 0 Å². The molecule has 0 radical (unpaired) electrons. The fraction of sp³-hybridized carbons (Fsp3) is 0.327. The van der Waals surface area contributed by atoms with E-state index in [0.29, 0.717) is 42.8 Å². The van der Waals surface area contributed by atoms with Crippen molar-refractivity contribution in [1.82, 2.24) is 19.5 Å². The van der Waals surface area contributed by atoms with Gasteiger partial charge in [0.25, 0.3) is 0 Å². The highest BCUT2D eigenvalue weighted by Crippen LogP contribution is 2.44. The Morgan fingerprint density at radius 2 is 1.44 bits per heavy atom. The number of para-hydroxylation sites is 2. The Labute approximate surface area is 359 Å². The second-order valence-corrected chi connectivity index (χ2v) is 18.5. The Bertz CT molecular complexity index is 2630. The third kappa shape index (κ3) is 10.1. The zero-order valence-electron chi connectivity index (χ0n) is 35.7. The minimum atomic E-state index is -3.97. The molecule has 61 heavy (non-hydrogen) atoms. The van der Waals surface area contributed by atoms with Gasteiger partial charge in [-0.2, -0.15) is 8.88 Å². The molecule has 1 saturated heterocycles. The van der Waals surface area contributed by atoms with Crippen molar-refractivity contribution < 1.29 is 27.2 Å². The van der Waals surface area contributed by atoms with Crippen LogP contribution in [0.4, 0.5) is 21.9 Å². The van der Waals surface area contributed by atoms with Gasteiger partial charge in [-0.1, -0.05) is 54.6 Å². The summed E-state index contributed by atoms with van der Waals surface area (Å²) in [5.74, 6) is 0.300. The lowest BCUT2D eigenvalue weighted by atomic mass is 9.93. The zero-order valence-corrected chi connectivity index (χ0v) is 36.5. The minimum Gasteiger partial charge on any atom is -0.456 e. The lowest BCUT2D eigenvalue weighted by molar-refractivity contribution is -0.126. The molecule has 1 fully saturated rings. The number of carbonyl (C=O) groups excluding carboxylic acids is 2. The zero-order chi connectivity index (χ0) is 43.1. The lowest BCUT2D eigenvalue weighted by Crippen LogP contribution is -2.43. The maximum absolute atomic E-state index is 14.7. The number of unbranched alkanes of at least 4 members (excludes halogenated alkanes) is 2. The van der Waals surface area contributed by atoms with Crippen molar-refractivity contribution in [2.24, 2.45) is 5.92 Å². The highest BCUT2D eigenvalue weighted by Gasteiger charge is 2.34. The summed E-state index contributed by atoms with van der Waals surface area (Å²) >= 11 is 0. The summed E-state index contributed by atoms with van der Waals surface area (Å²) in [6, 6.07) is 39.5. The standard InChI is InChI=1S/C49H55N5O6S/c1-49(2,3)60-48(56)51-30-16-8-15-29-50-47(55)35-27-31-54(32-28-35)61(57,58)45-22-14-13-21-42(45)46-40-25-23-38(52(4)36-17-9-6-10-18-36)33-43(40)59-44-34-39(24-26-41(44)46)53(5)37-19-11-7-12-20-37/h6-7,9-14,17-26,33-35H,8,15-16,27-32H2,1-5H3,(H-,50,51,55,56)/p+1. The second kappa shape index (κ2) is 18.7. The molecule has 0 bridgehead atoms. The van der Waals surface area contributed by atoms with Crippen molar-refractivity contribution in [2.45, 2.75) is 63.4 Å². The SMILES string of the molecule is CN(c1ccccc1)c1ccc2c(-c3ccccc3S(=O)(=O)N3CCC(C(=O)NCCCCCNC(=O)OC(C)(C)C)CC3)c3ccc(=[N+](C)c4ccccc4)cc-3oc2c1. The van der Waals surface area contributed by atoms with Crippen molar-refractivity contribution in [3.8, 4) is 22.5 Å². The number of nitrogens with one attached hydrogen (secondary N) is 2. The molecule has 2 heterocycles. The number of rotatable bonds is 13. The van der Waals surface area contributed by atoms with Gasteiger partial charge < -0.3 is 24.7 Å². The van der Waals surface area contributed by atoms with Crippen LogP contribution in [0.2, 0.25) is 0 Å². The summed E-state index contributed by atoms with van der Waals surface area (Å²) in [5.41, 5.74) is 5.20. The molecule has 0 unspecified atom stereocenters. The number of piperidine rings is 1. The summed E-state index contributed by atoms with van der Waals surface area (Å²) < 4.78 is 45.0. The molecule has 2 aliphatic heterocycles. The third-order valence-electron chi connectivity index (χ3n) is 11.2. The highest BCUT2D eigenvalue weighted by molar-refractivity contribution is 7.89. The van der Waals surface area contributed by atoms with E-state index in [9.17, 15) is 18.0 Å². The highest BCUT2D eigenvalue weighted by atomic mass is 32.2. The second-order valence-electron chi connectivity index (χ2n) is 16.6. The molecule has 0 aromatic heterocycles. The maximum Gasteiger partial charge on any atom is 0.407 e. The Kier molecular flexibility index (Phi) is 13.2. The van der Waals surface area contributed by atoms with Crippen LogP contribution < -0.4 is 25.5 Å². The fourth-order valence-corrected chi connectivity index (χ4v) is 9.53. The van der Waals surface area contributed by atoms with Crippen LogP contribution in [0, 0.1) is 5.92 Å². The summed E-state index contributed by atoms with van der Waals surface area (Å²) in [7, 11) is 0.0490. The summed E-state index contributed by atoms with van der Waals surface area (Å²) in [6.07, 6.45) is 2.81. The van der Waals surface area contributed by atoms with E-state index in [-0.39, 0.29) is 29.8 Å². The van der Waals surface area contributed by atoms with E-state index < -0.39 is 21.7 Å². The molecule has 0 spiro atoms. The number of alkyl carbamates (subject to hydrolysis) is 1. The molecule has 4 aromatic rings. The first-order chi connectivity index (χ1) is 29.3. The van der Waals surface area contributed by atoms with Crippen molar-refractivity contribution >= 4 is 50.1 Å². The van der Waals surface area contributed by atoms with Gasteiger partial charge in [0, 0.05) is 96.9 Å². The topological polar surface area (TPSA) is 124 Å². The largest absolute Gasteiger partial charge is 0.456 e. The molecule has 4 aromatic carbocycles. The summed E-state index contributed by atoms with van der Waals surface area (Å²) in [6.45, 7) is 6.98. The molecule has 7 rings (SSSR count). The molecular formula is C49H56N5O6S+. The minimum absolute atomic E-state index is 0.0511. The number of hydrogen-bond acceptors (Lipinski definition) is 7. The maximum atomic E-state index is 14.7. The summed E-state index contributed by atoms with van der Waals surface area (Å²) in [5, 5.41) is 7.51. The molecular weight excluding hydrogens is 787 g/mol. The van der Waals surface area contributed by atoms with Crippen molar-refractivity contribution in [1.29, 1.82) is 0 Å². The van der Waals surface area contributed by atoms with Crippen LogP contribution >= 0.6 is 0 Å². The van der Waals surface area contributed by atoms with E-state index in [1.54, 1.807) is 12.1 Å². The number of hydrogen-bond donors (Lipinski definition) is 2. The molecule has 12 heteroatoms. The number of anilines is 2. The monoisotopic (exact) mass is 842 g/mol. The number of carbonyl (C=O) groups is 2. The van der Waals surface area contributed by atoms with Crippen LogP contribution in [-0.4, -0.2) is 70.6 Å². The molecule has 0 atom stereocenters. The Balaban J connectivity index is 1.13. The van der Waals surface area contributed by atoms with E-state index in [1.807, 2.05) is 144 Å². The first-order valence-electron chi connectivity index (χ1n) is 21.1. The van der Waals surface area contributed by atoms with Crippen molar-refractivity contribution in [2.75, 3.05) is 45.2 Å². The van der Waals surface area contributed by atoms with Crippen LogP contribution in [0.5, 0.6) is 0 Å². The van der Waals surface area contributed by atoms with Gasteiger partial charge in [0.1, 0.15) is 24.0 Å². The van der Waals surface area contributed by atoms with E-state index in [1.165, 1.54) is 4.31 Å². The third-order valence-corrected chi connectivity index (χ3v) is 13.1. The summed E-state index contributed by atoms with van der Waals surface area (Å²) in [4.78, 5) is 27.3. The van der Waals surface area contributed by atoms with E-state index in [4.69, 9.17) is 9.15 Å². The van der Waals surface area contributed by atoms with E-state index in [2.05, 4.69) is 20.1 Å². The average Bonchev–Trinajstić information content (AvgIpc) is 3.27. The van der Waals surface area contributed by atoms with Gasteiger partial charge in [0.2, 0.25) is 27.0 Å². The van der Waals surface area contributed by atoms with Gasteiger partial charge >= 0.3 is 6.09 Å². The Morgan fingerprint density at radius 1 is 0.787 bits per heavy atom. The number of sulfonamides is 1. The predicted molar refractivity (Wildman–Crippen MR) is 243 cm³/mol. The number of benzene rings is 5. The number of amides is 2. The number of fused-ring (bicyclic) bond motifs is 2. The predicted octanol–water partition coefficient (Wildman–Crippen LogP) is 8.92. The molecule has 318 valence electrons. The van der Waals surface area contributed by atoms with Crippen LogP contribution in [-0.2, 0) is 19.6 Å². The van der Waals surface area contributed by atoms with Crippen LogP contribution in [0.25, 0.3) is 33.4 Å². The van der Waals surface area contributed by atoms with Gasteiger partial charge in [-0.05, 0) is 89.3 Å². The van der Waals surface area contributed by atoms with Crippen molar-refractivity contribution in [3.05, 3.63) is 127 Å². The molecule has 11 nitrogen and oxygen atoms in total. The van der Waals surface area contributed by atoms with Crippen LogP contribution in [0.3, 0.4) is 0 Å². The van der Waals surface area contributed by atoms with Crippen molar-refractivity contribution in [3.63, 3.8) is 0 Å². The normalized spacial score (nSPS) is 14.4. The molecule has 0 saturated carbocycles. The number of ether oxygens (including phenoxy) is 1. The molecule has 1 aliphatic carbocycles. The lowest BCUT2D eigenvalue weighted by Gasteiger charge is -2.31. The van der Waals surface area contributed by atoms with Gasteiger partial charge in [-0.25, -0.2) is 13.2 Å². The molecule has 3 aliphatic rings. The van der Waals surface area contributed by atoms with Gasteiger partial charge in [-0.3, -0.25) is 4.79 Å². The molecule has 2 N–H and O–H groups in total. The quantitative estimate of drug-likeness (QED) is 0.0677. The van der Waals surface area contributed by atoms with Gasteiger partial charge in [0.15, 0.2) is 0 Å². The first kappa shape index (κ1) is 43.1. The van der Waals surface area contributed by atoms with Crippen LogP contribution in [0.1, 0.15) is 52.9 Å². The van der Waals surface area contributed by atoms with Gasteiger partial charge in [0.05, 0.1) is 11.0 Å².